The second-order valence-corrected chi connectivity index (χ2v) is 8.94. The van der Waals surface area contributed by atoms with Crippen molar-refractivity contribution in [2.45, 2.75) is 65.0 Å². The van der Waals surface area contributed by atoms with Crippen LogP contribution in [-0.2, 0) is 24.2 Å². The Morgan fingerprint density at radius 3 is 2.73 bits per heavy atom. The summed E-state index contributed by atoms with van der Waals surface area (Å²) in [6.45, 7) is 6.95. The van der Waals surface area contributed by atoms with Crippen LogP contribution in [-0.4, -0.2) is 25.1 Å². The lowest BCUT2D eigenvalue weighted by molar-refractivity contribution is -0.127. The van der Waals surface area contributed by atoms with E-state index in [-0.39, 0.29) is 5.91 Å². The van der Waals surface area contributed by atoms with E-state index in [1.165, 1.54) is 42.5 Å². The zero-order valence-electron chi connectivity index (χ0n) is 18.3. The molecule has 2 aromatic rings. The van der Waals surface area contributed by atoms with Crippen molar-refractivity contribution in [1.29, 1.82) is 0 Å². The summed E-state index contributed by atoms with van der Waals surface area (Å²) in [7, 11) is 0. The van der Waals surface area contributed by atoms with Gasteiger partial charge in [-0.15, -0.1) is 0 Å². The van der Waals surface area contributed by atoms with E-state index in [4.69, 9.17) is 4.74 Å². The highest BCUT2D eigenvalue weighted by Gasteiger charge is 2.20. The minimum Gasteiger partial charge on any atom is -0.481 e. The van der Waals surface area contributed by atoms with E-state index in [9.17, 15) is 4.79 Å². The molecule has 0 spiro atoms. The molecular weight excluding hydrogens is 372 g/mol. The summed E-state index contributed by atoms with van der Waals surface area (Å²) >= 11 is 0. The number of carbonyl (C=O) groups is 1. The molecule has 0 unspecified atom stereocenters. The maximum atomic E-state index is 12.6. The largest absolute Gasteiger partial charge is 0.481 e. The Bertz CT molecular complexity index is 862. The van der Waals surface area contributed by atoms with Gasteiger partial charge in [-0.05, 0) is 86.3 Å². The maximum absolute atomic E-state index is 12.6. The SMILES string of the molecule is C[C@@H]1CCCN(c2ccc(CNC(=O)[C@@H](C)Oc3cccc4c3CCCC4)cc2)C1. The van der Waals surface area contributed by atoms with Crippen LogP contribution in [0.2, 0.25) is 0 Å². The number of anilines is 1. The standard InChI is InChI=1S/C26H34N2O2/c1-19-7-6-16-28(18-19)23-14-12-21(13-15-23)17-27-26(29)20(2)30-25-11-5-9-22-8-3-4-10-24(22)25/h5,9,11-15,19-20H,3-4,6-8,10,16-18H2,1-2H3,(H,27,29)/t19-,20-/m1/s1. The van der Waals surface area contributed by atoms with Crippen molar-refractivity contribution < 1.29 is 9.53 Å². The number of benzene rings is 2. The molecule has 4 nitrogen and oxygen atoms in total. The summed E-state index contributed by atoms with van der Waals surface area (Å²) < 4.78 is 6.05. The van der Waals surface area contributed by atoms with Crippen molar-refractivity contribution in [3.63, 3.8) is 0 Å². The first-order chi connectivity index (χ1) is 14.6. The van der Waals surface area contributed by atoms with Crippen molar-refractivity contribution in [3.8, 4) is 5.75 Å². The highest BCUT2D eigenvalue weighted by molar-refractivity contribution is 5.80. The van der Waals surface area contributed by atoms with Gasteiger partial charge in [0, 0.05) is 25.3 Å². The number of ether oxygens (including phenoxy) is 1. The highest BCUT2D eigenvalue weighted by atomic mass is 16.5. The Hall–Kier alpha value is -2.49. The van der Waals surface area contributed by atoms with Gasteiger partial charge in [-0.25, -0.2) is 0 Å². The second-order valence-electron chi connectivity index (χ2n) is 8.94. The summed E-state index contributed by atoms with van der Waals surface area (Å²) in [5, 5.41) is 3.03. The molecule has 0 saturated carbocycles. The van der Waals surface area contributed by atoms with Gasteiger partial charge in [0.05, 0.1) is 0 Å². The van der Waals surface area contributed by atoms with Crippen LogP contribution in [0.15, 0.2) is 42.5 Å². The fraction of sp³-hybridized carbons (Fsp3) is 0.500. The van der Waals surface area contributed by atoms with Gasteiger partial charge in [0.1, 0.15) is 5.75 Å². The van der Waals surface area contributed by atoms with E-state index in [0.717, 1.165) is 43.2 Å². The number of nitrogens with zero attached hydrogens (tertiary/aromatic N) is 1. The van der Waals surface area contributed by atoms with E-state index in [2.05, 4.69) is 47.5 Å². The van der Waals surface area contributed by atoms with Crippen LogP contribution in [0.4, 0.5) is 5.69 Å². The van der Waals surface area contributed by atoms with Gasteiger partial charge in [-0.1, -0.05) is 31.2 Å². The van der Waals surface area contributed by atoms with Gasteiger partial charge < -0.3 is 15.0 Å². The molecule has 0 bridgehead atoms. The zero-order chi connectivity index (χ0) is 20.9. The van der Waals surface area contributed by atoms with Crippen LogP contribution in [0.5, 0.6) is 5.75 Å². The molecule has 0 aromatic heterocycles. The van der Waals surface area contributed by atoms with E-state index in [1.54, 1.807) is 0 Å². The minimum absolute atomic E-state index is 0.0719. The van der Waals surface area contributed by atoms with E-state index < -0.39 is 6.10 Å². The van der Waals surface area contributed by atoms with Crippen molar-refractivity contribution >= 4 is 11.6 Å². The molecule has 30 heavy (non-hydrogen) atoms. The van der Waals surface area contributed by atoms with Gasteiger partial charge in [0.25, 0.3) is 5.91 Å². The van der Waals surface area contributed by atoms with Gasteiger partial charge in [0.2, 0.25) is 0 Å². The molecule has 0 radical (unpaired) electrons. The smallest absolute Gasteiger partial charge is 0.261 e. The van der Waals surface area contributed by atoms with E-state index in [0.29, 0.717) is 6.54 Å². The normalized spacial score (nSPS) is 19.7. The molecule has 4 heteroatoms. The summed E-state index contributed by atoms with van der Waals surface area (Å²) in [5.74, 6) is 1.56. The van der Waals surface area contributed by atoms with E-state index >= 15 is 0 Å². The molecule has 1 aliphatic heterocycles. The maximum Gasteiger partial charge on any atom is 0.261 e. The Kier molecular flexibility index (Phi) is 6.61. The van der Waals surface area contributed by atoms with E-state index in [1.807, 2.05) is 19.1 Å². The number of nitrogens with one attached hydrogen (secondary N) is 1. The lowest BCUT2D eigenvalue weighted by Gasteiger charge is -2.32. The molecule has 1 N–H and O–H groups in total. The number of aryl methyl sites for hydroxylation is 1. The summed E-state index contributed by atoms with van der Waals surface area (Å²) in [6.07, 6.45) is 6.67. The predicted molar refractivity (Wildman–Crippen MR) is 122 cm³/mol. The van der Waals surface area contributed by atoms with Crippen molar-refractivity contribution in [2.24, 2.45) is 5.92 Å². The topological polar surface area (TPSA) is 41.6 Å². The first-order valence-electron chi connectivity index (χ1n) is 11.5. The minimum atomic E-state index is -0.507. The van der Waals surface area contributed by atoms with Gasteiger partial charge >= 0.3 is 0 Å². The second kappa shape index (κ2) is 9.55. The summed E-state index contributed by atoms with van der Waals surface area (Å²) in [6, 6.07) is 14.8. The Labute approximate surface area is 180 Å². The van der Waals surface area contributed by atoms with Crippen LogP contribution in [0.3, 0.4) is 0 Å². The summed E-state index contributed by atoms with van der Waals surface area (Å²) in [4.78, 5) is 15.1. The first-order valence-corrected chi connectivity index (χ1v) is 11.5. The van der Waals surface area contributed by atoms with Crippen LogP contribution in [0.1, 0.15) is 56.2 Å². The average molecular weight is 407 g/mol. The van der Waals surface area contributed by atoms with Gasteiger partial charge in [0.15, 0.2) is 6.10 Å². The Balaban J connectivity index is 1.30. The number of hydrogen-bond donors (Lipinski definition) is 1. The molecule has 4 rings (SSSR count). The van der Waals surface area contributed by atoms with Crippen LogP contribution >= 0.6 is 0 Å². The third-order valence-corrected chi connectivity index (χ3v) is 6.45. The molecule has 1 saturated heterocycles. The molecule has 2 aliphatic rings. The number of fused-ring (bicyclic) bond motifs is 1. The van der Waals surface area contributed by atoms with Crippen molar-refractivity contribution in [2.75, 3.05) is 18.0 Å². The predicted octanol–water partition coefficient (Wildman–Crippen LogP) is 4.89. The number of rotatable bonds is 6. The Morgan fingerprint density at radius 2 is 1.93 bits per heavy atom. The van der Waals surface area contributed by atoms with Gasteiger partial charge in [-0.2, -0.15) is 0 Å². The molecule has 1 amide bonds. The third kappa shape index (κ3) is 4.97. The lowest BCUT2D eigenvalue weighted by Crippen LogP contribution is -2.36. The molecule has 1 heterocycles. The molecular formula is C26H34N2O2. The van der Waals surface area contributed by atoms with Crippen LogP contribution in [0, 0.1) is 5.92 Å². The molecule has 160 valence electrons. The quantitative estimate of drug-likeness (QED) is 0.743. The lowest BCUT2D eigenvalue weighted by atomic mass is 9.91. The monoisotopic (exact) mass is 406 g/mol. The average Bonchev–Trinajstić information content (AvgIpc) is 2.78. The third-order valence-electron chi connectivity index (χ3n) is 6.45. The van der Waals surface area contributed by atoms with Gasteiger partial charge in [-0.3, -0.25) is 4.79 Å². The Morgan fingerprint density at radius 1 is 1.13 bits per heavy atom. The van der Waals surface area contributed by atoms with Crippen LogP contribution < -0.4 is 15.0 Å². The molecule has 2 atom stereocenters. The van der Waals surface area contributed by atoms with Crippen molar-refractivity contribution in [1.82, 2.24) is 5.32 Å². The number of amides is 1. The number of hydrogen-bond acceptors (Lipinski definition) is 3. The fourth-order valence-corrected chi connectivity index (χ4v) is 4.68. The summed E-state index contributed by atoms with van der Waals surface area (Å²) in [5.41, 5.74) is 5.05. The number of piperidine rings is 1. The molecule has 1 fully saturated rings. The highest BCUT2D eigenvalue weighted by Crippen LogP contribution is 2.30. The molecule has 1 aliphatic carbocycles. The van der Waals surface area contributed by atoms with Crippen molar-refractivity contribution in [3.05, 3.63) is 59.2 Å². The first kappa shape index (κ1) is 20.8. The molecule has 2 aromatic carbocycles. The fourth-order valence-electron chi connectivity index (χ4n) is 4.68. The number of carbonyl (C=O) groups excluding carboxylic acids is 1. The van der Waals surface area contributed by atoms with Crippen LogP contribution in [0.25, 0.3) is 0 Å². The zero-order valence-corrected chi connectivity index (χ0v) is 18.3.